The van der Waals surface area contributed by atoms with Crippen molar-refractivity contribution in [2.24, 2.45) is 5.92 Å². The lowest BCUT2D eigenvalue weighted by Gasteiger charge is -2.45. The van der Waals surface area contributed by atoms with Crippen LogP contribution in [0.25, 0.3) is 11.1 Å². The summed E-state index contributed by atoms with van der Waals surface area (Å²) in [6.07, 6.45) is 0.970. The molecule has 5 heteroatoms. The fourth-order valence-electron chi connectivity index (χ4n) is 3.56. The Balaban J connectivity index is 1.32. The molecule has 0 radical (unpaired) electrons. The molecule has 1 saturated heterocycles. The third-order valence-corrected chi connectivity index (χ3v) is 5.59. The normalized spacial score (nSPS) is 16.5. The summed E-state index contributed by atoms with van der Waals surface area (Å²) in [5.41, 5.74) is 3.96. The van der Waals surface area contributed by atoms with Crippen molar-refractivity contribution in [1.29, 1.82) is 0 Å². The lowest BCUT2D eigenvalue weighted by atomic mass is 9.85. The van der Waals surface area contributed by atoms with E-state index in [1.54, 1.807) is 18.7 Å². The van der Waals surface area contributed by atoms with Crippen LogP contribution in [0.4, 0.5) is 4.79 Å². The molecule has 2 heterocycles. The summed E-state index contributed by atoms with van der Waals surface area (Å²) in [5, 5.41) is 12.9. The average Bonchev–Trinajstić information content (AvgIpc) is 3.05. The number of amides is 2. The van der Waals surface area contributed by atoms with Gasteiger partial charge in [0.15, 0.2) is 0 Å². The topological polar surface area (TPSA) is 61.8 Å². The second kappa shape index (κ2) is 6.89. The summed E-state index contributed by atoms with van der Waals surface area (Å²) >= 11 is 0. The molecule has 142 valence electrons. The first-order valence-electron chi connectivity index (χ1n) is 9.50. The molecule has 2 N–H and O–H groups in total. The molecule has 0 unspecified atom stereocenters. The van der Waals surface area contributed by atoms with Gasteiger partial charge in [0.25, 0.3) is 0 Å². The number of ether oxygens (including phenoxy) is 1. The van der Waals surface area contributed by atoms with Crippen LogP contribution in [0, 0.1) is 5.92 Å². The number of nitrogens with zero attached hydrogens (tertiary/aromatic N) is 1. The molecule has 2 aliphatic rings. The minimum atomic E-state index is -0.726. The molecule has 2 aliphatic heterocycles. The maximum Gasteiger partial charge on any atom is 0.317 e. The second-order valence-corrected chi connectivity index (χ2v) is 8.03. The number of urea groups is 1. The summed E-state index contributed by atoms with van der Waals surface area (Å²) < 4.78 is 5.56. The van der Waals surface area contributed by atoms with E-state index >= 15 is 0 Å². The molecule has 2 aromatic carbocycles. The zero-order valence-corrected chi connectivity index (χ0v) is 15.9. The van der Waals surface area contributed by atoms with Gasteiger partial charge in [-0.1, -0.05) is 30.3 Å². The highest BCUT2D eigenvalue weighted by Gasteiger charge is 2.39. The Morgan fingerprint density at radius 3 is 2.59 bits per heavy atom. The number of hydrogen-bond donors (Lipinski definition) is 2. The predicted molar refractivity (Wildman–Crippen MR) is 105 cm³/mol. The molecular weight excluding hydrogens is 340 g/mol. The van der Waals surface area contributed by atoms with Crippen molar-refractivity contribution < 1.29 is 14.6 Å². The molecular formula is C22H26N2O3. The smallest absolute Gasteiger partial charge is 0.317 e. The first-order chi connectivity index (χ1) is 12.9. The van der Waals surface area contributed by atoms with Gasteiger partial charge in [-0.25, -0.2) is 4.79 Å². The van der Waals surface area contributed by atoms with E-state index < -0.39 is 5.60 Å². The number of fused-ring (bicyclic) bond motifs is 1. The van der Waals surface area contributed by atoms with Crippen LogP contribution < -0.4 is 10.1 Å². The monoisotopic (exact) mass is 366 g/mol. The van der Waals surface area contributed by atoms with Gasteiger partial charge >= 0.3 is 6.03 Å². The van der Waals surface area contributed by atoms with Crippen LogP contribution in [0.1, 0.15) is 25.0 Å². The van der Waals surface area contributed by atoms with Crippen molar-refractivity contribution in [2.75, 3.05) is 19.7 Å². The quantitative estimate of drug-likeness (QED) is 0.874. The standard InChI is InChI=1S/C22H26N2O3/c1-22(2,26)19-13-24(14-19)21(25)23-12-15-3-5-16(6-4-15)17-7-8-20-18(11-17)9-10-27-20/h3-8,11,19,26H,9-10,12-14H2,1-2H3,(H,23,25). The van der Waals surface area contributed by atoms with E-state index in [0.717, 1.165) is 29.9 Å². The third kappa shape index (κ3) is 3.78. The highest BCUT2D eigenvalue weighted by molar-refractivity contribution is 5.75. The fourth-order valence-corrected chi connectivity index (χ4v) is 3.56. The van der Waals surface area contributed by atoms with Gasteiger partial charge in [0.2, 0.25) is 0 Å². The Bertz CT molecular complexity index is 834. The van der Waals surface area contributed by atoms with Crippen LogP contribution in [0.15, 0.2) is 42.5 Å². The van der Waals surface area contributed by atoms with Gasteiger partial charge in [-0.3, -0.25) is 0 Å². The zero-order valence-electron chi connectivity index (χ0n) is 15.9. The van der Waals surface area contributed by atoms with E-state index in [2.05, 4.69) is 41.7 Å². The Morgan fingerprint density at radius 1 is 1.19 bits per heavy atom. The molecule has 0 saturated carbocycles. The number of benzene rings is 2. The van der Waals surface area contributed by atoms with E-state index in [-0.39, 0.29) is 11.9 Å². The lowest BCUT2D eigenvalue weighted by molar-refractivity contribution is -0.0457. The first kappa shape index (κ1) is 17.9. The molecule has 4 rings (SSSR count). The first-order valence-corrected chi connectivity index (χ1v) is 9.50. The fraction of sp³-hybridized carbons (Fsp3) is 0.409. The summed E-state index contributed by atoms with van der Waals surface area (Å²) in [4.78, 5) is 13.9. The van der Waals surface area contributed by atoms with Crippen molar-refractivity contribution in [3.63, 3.8) is 0 Å². The average molecular weight is 366 g/mol. The number of rotatable bonds is 4. The largest absolute Gasteiger partial charge is 0.493 e. The highest BCUT2D eigenvalue weighted by Crippen LogP contribution is 2.30. The van der Waals surface area contributed by atoms with Gasteiger partial charge in [-0.05, 0) is 48.2 Å². The van der Waals surface area contributed by atoms with E-state index in [1.165, 1.54) is 11.1 Å². The molecule has 1 fully saturated rings. The lowest BCUT2D eigenvalue weighted by Crippen LogP contribution is -2.59. The minimum Gasteiger partial charge on any atom is -0.493 e. The van der Waals surface area contributed by atoms with Crippen LogP contribution in [-0.4, -0.2) is 41.3 Å². The van der Waals surface area contributed by atoms with Crippen molar-refractivity contribution >= 4 is 6.03 Å². The molecule has 2 aromatic rings. The van der Waals surface area contributed by atoms with Crippen molar-refractivity contribution in [1.82, 2.24) is 10.2 Å². The number of carbonyl (C=O) groups is 1. The van der Waals surface area contributed by atoms with E-state index in [9.17, 15) is 9.90 Å². The maximum absolute atomic E-state index is 12.2. The van der Waals surface area contributed by atoms with Crippen LogP contribution in [-0.2, 0) is 13.0 Å². The predicted octanol–water partition coefficient (Wildman–Crippen LogP) is 3.20. The molecule has 0 aromatic heterocycles. The Morgan fingerprint density at radius 2 is 1.89 bits per heavy atom. The SMILES string of the molecule is CC(C)(O)C1CN(C(=O)NCc2ccc(-c3ccc4c(c3)CCO4)cc2)C1. The van der Waals surface area contributed by atoms with E-state index in [4.69, 9.17) is 4.74 Å². The summed E-state index contributed by atoms with van der Waals surface area (Å²) in [5.74, 6) is 1.15. The van der Waals surface area contributed by atoms with Crippen molar-refractivity contribution in [3.8, 4) is 16.9 Å². The molecule has 2 amide bonds. The summed E-state index contributed by atoms with van der Waals surface area (Å²) in [6, 6.07) is 14.5. The molecule has 27 heavy (non-hydrogen) atoms. The van der Waals surface area contributed by atoms with Crippen molar-refractivity contribution in [2.45, 2.75) is 32.4 Å². The second-order valence-electron chi connectivity index (χ2n) is 8.03. The number of carbonyl (C=O) groups excluding carboxylic acids is 1. The third-order valence-electron chi connectivity index (χ3n) is 5.59. The van der Waals surface area contributed by atoms with Gasteiger partial charge in [0.05, 0.1) is 12.2 Å². The van der Waals surface area contributed by atoms with Crippen LogP contribution in [0.2, 0.25) is 0 Å². The van der Waals surface area contributed by atoms with Gasteiger partial charge in [0, 0.05) is 32.0 Å². The van der Waals surface area contributed by atoms with Gasteiger partial charge in [-0.2, -0.15) is 0 Å². The van der Waals surface area contributed by atoms with Crippen LogP contribution in [0.3, 0.4) is 0 Å². The number of nitrogens with one attached hydrogen (secondary N) is 1. The van der Waals surface area contributed by atoms with Crippen molar-refractivity contribution in [3.05, 3.63) is 53.6 Å². The molecule has 0 atom stereocenters. The van der Waals surface area contributed by atoms with Crippen LogP contribution in [0.5, 0.6) is 5.75 Å². The summed E-state index contributed by atoms with van der Waals surface area (Å²) in [6.45, 7) is 6.07. The summed E-state index contributed by atoms with van der Waals surface area (Å²) in [7, 11) is 0. The Labute approximate surface area is 160 Å². The molecule has 0 bridgehead atoms. The Hall–Kier alpha value is -2.53. The Kier molecular flexibility index (Phi) is 4.56. The maximum atomic E-state index is 12.2. The highest BCUT2D eigenvalue weighted by atomic mass is 16.5. The number of likely N-dealkylation sites (tertiary alicyclic amines) is 1. The van der Waals surface area contributed by atoms with Crippen LogP contribution >= 0.6 is 0 Å². The number of aliphatic hydroxyl groups is 1. The van der Waals surface area contributed by atoms with E-state index in [1.807, 2.05) is 6.07 Å². The van der Waals surface area contributed by atoms with E-state index in [0.29, 0.717) is 19.6 Å². The minimum absolute atomic E-state index is 0.0711. The number of hydrogen-bond acceptors (Lipinski definition) is 3. The van der Waals surface area contributed by atoms with Gasteiger partial charge in [-0.15, -0.1) is 0 Å². The van der Waals surface area contributed by atoms with Gasteiger partial charge in [0.1, 0.15) is 5.75 Å². The molecule has 0 aliphatic carbocycles. The molecule has 5 nitrogen and oxygen atoms in total. The zero-order chi connectivity index (χ0) is 19.0. The molecule has 0 spiro atoms. The van der Waals surface area contributed by atoms with Gasteiger partial charge < -0.3 is 20.1 Å².